The van der Waals surface area contributed by atoms with Crippen LogP contribution in [0.2, 0.25) is 0 Å². The minimum atomic E-state index is -5.68. The van der Waals surface area contributed by atoms with Gasteiger partial charge in [0.1, 0.15) is 25.0 Å². The van der Waals surface area contributed by atoms with Gasteiger partial charge in [0.15, 0.2) is 0 Å². The molecule has 2 aliphatic rings. The smallest absolute Gasteiger partial charge is 0.411 e. The van der Waals surface area contributed by atoms with Gasteiger partial charge in [0.05, 0.1) is 0 Å². The lowest BCUT2D eigenvalue weighted by atomic mass is 9.72. The zero-order valence-corrected chi connectivity index (χ0v) is 23.4. The SMILES string of the molecule is CC(S)CCN1COc2ccc(C(c3ccc4c(c3)CN(CCC(C)S)CO4)(C(F)(F)F)C(F)(F)F)cc2C1. The van der Waals surface area contributed by atoms with Gasteiger partial charge in [-0.25, -0.2) is 0 Å². The third-order valence-corrected chi connectivity index (χ3v) is 7.67. The summed E-state index contributed by atoms with van der Waals surface area (Å²) >= 11 is 8.68. The summed E-state index contributed by atoms with van der Waals surface area (Å²) in [6, 6.07) is 6.14. The molecule has 216 valence electrons. The summed E-state index contributed by atoms with van der Waals surface area (Å²) in [6.07, 6.45) is -9.97. The molecule has 0 radical (unpaired) electrons. The highest BCUT2D eigenvalue weighted by molar-refractivity contribution is 7.81. The standard InChI is InChI=1S/C27H32F6N2O2S2/c1-17(38)7-9-34-13-19-11-21(3-5-23(19)36-15-34)25(26(28,29)30,27(31,32)33)22-4-6-24-20(12-22)14-35(16-37-24)10-8-18(2)39/h3-6,11-12,17-18,38-39H,7-10,13-16H2,1-2H3. The van der Waals surface area contributed by atoms with Crippen LogP contribution in [-0.2, 0) is 18.5 Å². The van der Waals surface area contributed by atoms with Gasteiger partial charge in [-0.05, 0) is 48.2 Å². The van der Waals surface area contributed by atoms with E-state index in [1.165, 1.54) is 12.1 Å². The zero-order valence-electron chi connectivity index (χ0n) is 21.6. The summed E-state index contributed by atoms with van der Waals surface area (Å²) in [4.78, 5) is 3.66. The van der Waals surface area contributed by atoms with E-state index in [4.69, 9.17) is 9.47 Å². The fourth-order valence-corrected chi connectivity index (χ4v) is 5.29. The van der Waals surface area contributed by atoms with E-state index in [2.05, 4.69) is 25.3 Å². The molecule has 0 aliphatic carbocycles. The van der Waals surface area contributed by atoms with Crippen molar-refractivity contribution in [2.45, 2.75) is 68.0 Å². The van der Waals surface area contributed by atoms with Crippen LogP contribution >= 0.6 is 25.3 Å². The van der Waals surface area contributed by atoms with Gasteiger partial charge in [-0.3, -0.25) is 9.80 Å². The van der Waals surface area contributed by atoms with Gasteiger partial charge in [-0.2, -0.15) is 51.6 Å². The monoisotopic (exact) mass is 594 g/mol. The van der Waals surface area contributed by atoms with Gasteiger partial charge in [0, 0.05) is 47.8 Å². The van der Waals surface area contributed by atoms with Crippen molar-refractivity contribution in [3.63, 3.8) is 0 Å². The first-order valence-electron chi connectivity index (χ1n) is 12.7. The van der Waals surface area contributed by atoms with E-state index in [1.54, 1.807) is 0 Å². The van der Waals surface area contributed by atoms with Gasteiger partial charge >= 0.3 is 12.4 Å². The summed E-state index contributed by atoms with van der Waals surface area (Å²) in [5.74, 6) is 0.556. The number of alkyl halides is 6. The maximum Gasteiger partial charge on any atom is 0.411 e. The van der Waals surface area contributed by atoms with Crippen molar-refractivity contribution >= 4 is 25.3 Å². The Balaban J connectivity index is 1.77. The number of thiol groups is 2. The summed E-state index contributed by atoms with van der Waals surface area (Å²) < 4.78 is 100. The highest BCUT2D eigenvalue weighted by atomic mass is 32.1. The zero-order chi connectivity index (χ0) is 28.6. The molecule has 2 aromatic rings. The van der Waals surface area contributed by atoms with E-state index < -0.39 is 28.9 Å². The van der Waals surface area contributed by atoms with E-state index in [-0.39, 0.29) is 59.7 Å². The van der Waals surface area contributed by atoms with Crippen LogP contribution in [0, 0.1) is 0 Å². The van der Waals surface area contributed by atoms with Gasteiger partial charge < -0.3 is 9.47 Å². The molecule has 0 N–H and O–H groups in total. The minimum Gasteiger partial charge on any atom is -0.478 e. The van der Waals surface area contributed by atoms with Crippen LogP contribution in [0.5, 0.6) is 11.5 Å². The summed E-state index contributed by atoms with van der Waals surface area (Å²) in [7, 11) is 0. The Bertz CT molecular complexity index is 1070. The lowest BCUT2D eigenvalue weighted by Crippen LogP contribution is -2.55. The first kappa shape index (κ1) is 30.2. The number of benzene rings is 2. The van der Waals surface area contributed by atoms with Crippen LogP contribution in [0.15, 0.2) is 36.4 Å². The van der Waals surface area contributed by atoms with E-state index in [0.717, 1.165) is 24.3 Å². The summed E-state index contributed by atoms with van der Waals surface area (Å²) in [5.41, 5.74) is -5.49. The predicted molar refractivity (Wildman–Crippen MR) is 144 cm³/mol. The van der Waals surface area contributed by atoms with E-state index >= 15 is 0 Å². The summed E-state index contributed by atoms with van der Waals surface area (Å²) in [6.45, 7) is 5.65. The predicted octanol–water partition coefficient (Wildman–Crippen LogP) is 6.82. The Morgan fingerprint density at radius 2 is 1.10 bits per heavy atom. The normalized spacial score (nSPS) is 18.5. The Morgan fingerprint density at radius 3 is 1.44 bits per heavy atom. The lowest BCUT2D eigenvalue weighted by molar-refractivity contribution is -0.288. The number of nitrogens with zero attached hydrogens (tertiary/aromatic N) is 2. The average molecular weight is 595 g/mol. The number of fused-ring (bicyclic) bond motifs is 2. The molecule has 2 aliphatic heterocycles. The fourth-order valence-electron chi connectivity index (χ4n) is 5.06. The maximum atomic E-state index is 14.9. The van der Waals surface area contributed by atoms with Crippen molar-refractivity contribution < 1.29 is 35.8 Å². The van der Waals surface area contributed by atoms with Crippen molar-refractivity contribution in [1.29, 1.82) is 0 Å². The summed E-state index contributed by atoms with van der Waals surface area (Å²) in [5, 5.41) is 0.178. The molecule has 0 bridgehead atoms. The van der Waals surface area contributed by atoms with Crippen LogP contribution in [-0.4, -0.2) is 59.2 Å². The van der Waals surface area contributed by atoms with Crippen LogP contribution in [0.1, 0.15) is 48.9 Å². The van der Waals surface area contributed by atoms with Crippen LogP contribution in [0.3, 0.4) is 0 Å². The Hall–Kier alpha value is -1.76. The number of rotatable bonds is 8. The lowest BCUT2D eigenvalue weighted by Gasteiger charge is -2.40. The van der Waals surface area contributed by atoms with Gasteiger partial charge in [-0.1, -0.05) is 26.0 Å². The van der Waals surface area contributed by atoms with E-state index in [1.807, 2.05) is 23.6 Å². The molecule has 0 spiro atoms. The number of ether oxygens (including phenoxy) is 2. The van der Waals surface area contributed by atoms with Crippen molar-refractivity contribution in [2.24, 2.45) is 0 Å². The van der Waals surface area contributed by atoms with Crippen LogP contribution in [0.25, 0.3) is 0 Å². The number of halogens is 6. The first-order valence-corrected chi connectivity index (χ1v) is 13.7. The highest BCUT2D eigenvalue weighted by Crippen LogP contribution is 2.57. The molecule has 0 saturated carbocycles. The Morgan fingerprint density at radius 1 is 0.718 bits per heavy atom. The second-order valence-corrected chi connectivity index (χ2v) is 12.1. The van der Waals surface area contributed by atoms with Gasteiger partial charge in [0.2, 0.25) is 5.41 Å². The third-order valence-electron chi connectivity index (χ3n) is 7.16. The first-order chi connectivity index (χ1) is 18.2. The van der Waals surface area contributed by atoms with Crippen molar-refractivity contribution in [2.75, 3.05) is 26.6 Å². The largest absolute Gasteiger partial charge is 0.478 e. The average Bonchev–Trinajstić information content (AvgIpc) is 2.84. The second-order valence-electron chi connectivity index (χ2n) is 10.3. The Labute approximate surface area is 235 Å². The number of hydrogen-bond donors (Lipinski definition) is 2. The molecule has 4 rings (SSSR count). The molecular weight excluding hydrogens is 562 g/mol. The highest BCUT2D eigenvalue weighted by Gasteiger charge is 2.72. The molecule has 2 atom stereocenters. The molecule has 0 amide bonds. The molecule has 2 unspecified atom stereocenters. The second kappa shape index (κ2) is 11.6. The van der Waals surface area contributed by atoms with Crippen molar-refractivity contribution in [3.05, 3.63) is 58.7 Å². The molecule has 2 aromatic carbocycles. The molecule has 0 fully saturated rings. The third kappa shape index (κ3) is 6.28. The quantitative estimate of drug-likeness (QED) is 0.259. The topological polar surface area (TPSA) is 24.9 Å². The molecule has 4 nitrogen and oxygen atoms in total. The Kier molecular flexibility index (Phi) is 9.00. The van der Waals surface area contributed by atoms with E-state index in [0.29, 0.717) is 25.9 Å². The van der Waals surface area contributed by atoms with Crippen molar-refractivity contribution in [3.8, 4) is 11.5 Å². The molecule has 2 heterocycles. The molecule has 12 heteroatoms. The minimum absolute atomic E-state index is 0.0889. The maximum absolute atomic E-state index is 14.9. The molecule has 39 heavy (non-hydrogen) atoms. The molecular formula is C27H32F6N2O2S2. The van der Waals surface area contributed by atoms with Gasteiger partial charge in [-0.15, -0.1) is 0 Å². The van der Waals surface area contributed by atoms with Gasteiger partial charge in [0.25, 0.3) is 0 Å². The van der Waals surface area contributed by atoms with Crippen molar-refractivity contribution in [1.82, 2.24) is 9.80 Å². The van der Waals surface area contributed by atoms with Crippen LogP contribution in [0.4, 0.5) is 26.3 Å². The number of hydrogen-bond acceptors (Lipinski definition) is 6. The molecule has 0 saturated heterocycles. The molecule has 0 aromatic heterocycles. The van der Waals surface area contributed by atoms with E-state index in [9.17, 15) is 26.3 Å². The fraction of sp³-hybridized carbons (Fsp3) is 0.556. The van der Waals surface area contributed by atoms with Crippen LogP contribution < -0.4 is 9.47 Å².